The number of hydrogen-bond donors (Lipinski definition) is 2. The minimum Gasteiger partial charge on any atom is -0.481 e. The van der Waals surface area contributed by atoms with Crippen LogP contribution < -0.4 is 10.1 Å². The molecule has 0 unspecified atom stereocenters. The van der Waals surface area contributed by atoms with Gasteiger partial charge in [0.15, 0.2) is 0 Å². The highest BCUT2D eigenvalue weighted by Gasteiger charge is 2.15. The molecule has 0 aliphatic carbocycles. The summed E-state index contributed by atoms with van der Waals surface area (Å²) in [7, 11) is 0. The fourth-order valence-corrected chi connectivity index (χ4v) is 1.30. The van der Waals surface area contributed by atoms with Gasteiger partial charge in [0.1, 0.15) is 12.4 Å². The van der Waals surface area contributed by atoms with Gasteiger partial charge in [0.05, 0.1) is 6.61 Å². The highest BCUT2D eigenvalue weighted by molar-refractivity contribution is 5.33. The molecule has 1 aromatic rings. The van der Waals surface area contributed by atoms with Crippen molar-refractivity contribution in [3.8, 4) is 18.1 Å². The molecule has 0 saturated heterocycles. The fourth-order valence-electron chi connectivity index (χ4n) is 1.30. The molecule has 0 fully saturated rings. The smallest absolute Gasteiger partial charge is 0.148 e. The van der Waals surface area contributed by atoms with Gasteiger partial charge in [0, 0.05) is 17.6 Å². The van der Waals surface area contributed by atoms with E-state index in [0.717, 1.165) is 11.3 Å². The first kappa shape index (κ1) is 13.6. The van der Waals surface area contributed by atoms with E-state index in [1.165, 1.54) is 0 Å². The van der Waals surface area contributed by atoms with Crippen LogP contribution in [0, 0.1) is 12.3 Å². The second-order valence-electron chi connectivity index (χ2n) is 4.50. The van der Waals surface area contributed by atoms with E-state index in [9.17, 15) is 0 Å². The predicted molar refractivity (Wildman–Crippen MR) is 68.8 cm³/mol. The SMILES string of the molecule is C#CCOc1ccccc1CNC(C)(C)CO. The van der Waals surface area contributed by atoms with Gasteiger partial charge in [-0.3, -0.25) is 0 Å². The molecule has 0 bridgehead atoms. The molecule has 0 amide bonds. The third-order valence-electron chi connectivity index (χ3n) is 2.44. The van der Waals surface area contributed by atoms with Gasteiger partial charge in [0.25, 0.3) is 0 Å². The number of nitrogens with one attached hydrogen (secondary N) is 1. The van der Waals surface area contributed by atoms with Crippen LogP contribution in [-0.2, 0) is 6.54 Å². The van der Waals surface area contributed by atoms with E-state index in [2.05, 4.69) is 11.2 Å². The third kappa shape index (κ3) is 4.48. The first-order valence-electron chi connectivity index (χ1n) is 5.59. The van der Waals surface area contributed by atoms with Crippen molar-refractivity contribution in [3.05, 3.63) is 29.8 Å². The predicted octanol–water partition coefficient (Wildman–Crippen LogP) is 1.56. The van der Waals surface area contributed by atoms with Crippen molar-refractivity contribution in [1.29, 1.82) is 0 Å². The van der Waals surface area contributed by atoms with Crippen LogP contribution in [-0.4, -0.2) is 23.9 Å². The number of hydrogen-bond acceptors (Lipinski definition) is 3. The average molecular weight is 233 g/mol. The van der Waals surface area contributed by atoms with Crippen molar-refractivity contribution in [3.63, 3.8) is 0 Å². The monoisotopic (exact) mass is 233 g/mol. The molecular weight excluding hydrogens is 214 g/mol. The van der Waals surface area contributed by atoms with Crippen LogP contribution in [0.15, 0.2) is 24.3 Å². The Labute approximate surface area is 103 Å². The second kappa shape index (κ2) is 6.29. The summed E-state index contributed by atoms with van der Waals surface area (Å²) in [5.74, 6) is 3.23. The summed E-state index contributed by atoms with van der Waals surface area (Å²) in [6.07, 6.45) is 5.17. The highest BCUT2D eigenvalue weighted by Crippen LogP contribution is 2.18. The van der Waals surface area contributed by atoms with Crippen molar-refractivity contribution in [2.24, 2.45) is 0 Å². The zero-order valence-electron chi connectivity index (χ0n) is 10.4. The van der Waals surface area contributed by atoms with Crippen LogP contribution in [0.3, 0.4) is 0 Å². The molecule has 1 rings (SSSR count). The van der Waals surface area contributed by atoms with Crippen molar-refractivity contribution in [2.45, 2.75) is 25.9 Å². The minimum absolute atomic E-state index is 0.0837. The molecule has 0 spiro atoms. The van der Waals surface area contributed by atoms with Gasteiger partial charge >= 0.3 is 0 Å². The maximum atomic E-state index is 9.16. The summed E-state index contributed by atoms with van der Waals surface area (Å²) >= 11 is 0. The zero-order chi connectivity index (χ0) is 12.7. The Hall–Kier alpha value is -1.50. The Balaban J connectivity index is 2.67. The van der Waals surface area contributed by atoms with Crippen LogP contribution in [0.4, 0.5) is 0 Å². The standard InChI is InChI=1S/C14H19NO2/c1-4-9-17-13-8-6-5-7-12(13)10-15-14(2,3)11-16/h1,5-8,15-16H,9-11H2,2-3H3. The largest absolute Gasteiger partial charge is 0.481 e. The number of terminal acetylenes is 1. The highest BCUT2D eigenvalue weighted by atomic mass is 16.5. The molecule has 0 saturated carbocycles. The van der Waals surface area contributed by atoms with Gasteiger partial charge < -0.3 is 15.2 Å². The van der Waals surface area contributed by atoms with Crippen molar-refractivity contribution in [2.75, 3.05) is 13.2 Å². The summed E-state index contributed by atoms with van der Waals surface area (Å²) in [5, 5.41) is 12.4. The topological polar surface area (TPSA) is 41.5 Å². The van der Waals surface area contributed by atoms with E-state index in [1.807, 2.05) is 38.1 Å². The molecule has 0 aliphatic rings. The normalized spacial score (nSPS) is 10.9. The molecule has 3 nitrogen and oxygen atoms in total. The number of benzene rings is 1. The van der Waals surface area contributed by atoms with Crippen molar-refractivity contribution >= 4 is 0 Å². The molecule has 3 heteroatoms. The Morgan fingerprint density at radius 1 is 1.41 bits per heavy atom. The van der Waals surface area contributed by atoms with Gasteiger partial charge in [0.2, 0.25) is 0 Å². The van der Waals surface area contributed by atoms with Gasteiger partial charge in [-0.1, -0.05) is 24.1 Å². The molecule has 0 atom stereocenters. The number of ether oxygens (including phenoxy) is 1. The Kier molecular flexibility index (Phi) is 5.02. The van der Waals surface area contributed by atoms with Crippen LogP contribution in [0.2, 0.25) is 0 Å². The fraction of sp³-hybridized carbons (Fsp3) is 0.429. The van der Waals surface area contributed by atoms with E-state index < -0.39 is 0 Å². The maximum absolute atomic E-state index is 9.16. The number of aliphatic hydroxyl groups excluding tert-OH is 1. The molecule has 1 aromatic carbocycles. The number of rotatable bonds is 6. The second-order valence-corrected chi connectivity index (χ2v) is 4.50. The molecular formula is C14H19NO2. The van der Waals surface area contributed by atoms with Gasteiger partial charge in [-0.05, 0) is 19.9 Å². The van der Waals surface area contributed by atoms with Crippen LogP contribution >= 0.6 is 0 Å². The lowest BCUT2D eigenvalue weighted by Gasteiger charge is -2.24. The molecule has 0 heterocycles. The van der Waals surface area contributed by atoms with E-state index in [4.69, 9.17) is 16.3 Å². The first-order chi connectivity index (χ1) is 8.09. The zero-order valence-corrected chi connectivity index (χ0v) is 10.4. The van der Waals surface area contributed by atoms with E-state index in [1.54, 1.807) is 0 Å². The van der Waals surface area contributed by atoms with Crippen LogP contribution in [0.5, 0.6) is 5.75 Å². The lowest BCUT2D eigenvalue weighted by Crippen LogP contribution is -2.42. The van der Waals surface area contributed by atoms with Crippen molar-refractivity contribution < 1.29 is 9.84 Å². The molecule has 2 N–H and O–H groups in total. The summed E-state index contributed by atoms with van der Waals surface area (Å²) in [4.78, 5) is 0. The number of para-hydroxylation sites is 1. The number of aliphatic hydroxyl groups is 1. The first-order valence-corrected chi connectivity index (χ1v) is 5.59. The van der Waals surface area contributed by atoms with Gasteiger partial charge in [-0.25, -0.2) is 0 Å². The Bertz CT molecular complexity index is 393. The Morgan fingerprint density at radius 3 is 2.76 bits per heavy atom. The third-order valence-corrected chi connectivity index (χ3v) is 2.44. The van der Waals surface area contributed by atoms with Gasteiger partial charge in [-0.15, -0.1) is 6.42 Å². The van der Waals surface area contributed by atoms with E-state index >= 15 is 0 Å². The van der Waals surface area contributed by atoms with E-state index in [0.29, 0.717) is 6.54 Å². The average Bonchev–Trinajstić information content (AvgIpc) is 2.35. The summed E-state index contributed by atoms with van der Waals surface area (Å²) in [5.41, 5.74) is 0.725. The quantitative estimate of drug-likeness (QED) is 0.733. The molecule has 0 aromatic heterocycles. The molecule has 17 heavy (non-hydrogen) atoms. The van der Waals surface area contributed by atoms with Gasteiger partial charge in [-0.2, -0.15) is 0 Å². The lowest BCUT2D eigenvalue weighted by atomic mass is 10.1. The molecule has 0 radical (unpaired) electrons. The molecule has 92 valence electrons. The molecule has 0 aliphatic heterocycles. The Morgan fingerprint density at radius 2 is 2.12 bits per heavy atom. The van der Waals surface area contributed by atoms with Crippen molar-refractivity contribution in [1.82, 2.24) is 5.32 Å². The summed E-state index contributed by atoms with van der Waals surface area (Å²) in [6, 6.07) is 7.73. The van der Waals surface area contributed by atoms with Crippen LogP contribution in [0.1, 0.15) is 19.4 Å². The minimum atomic E-state index is -0.306. The maximum Gasteiger partial charge on any atom is 0.148 e. The summed E-state index contributed by atoms with van der Waals surface area (Å²) < 4.78 is 5.45. The summed E-state index contributed by atoms with van der Waals surface area (Å²) in [6.45, 7) is 4.87. The van der Waals surface area contributed by atoms with Crippen LogP contribution in [0.25, 0.3) is 0 Å². The van der Waals surface area contributed by atoms with E-state index in [-0.39, 0.29) is 18.8 Å². The lowest BCUT2D eigenvalue weighted by molar-refractivity contribution is 0.187.